The number of aliphatic hydroxyl groups excluding tert-OH is 1. The zero-order chi connectivity index (χ0) is 13.4. The minimum atomic E-state index is -0.111. The first-order valence-electron chi connectivity index (χ1n) is 5.66. The molecule has 1 heterocycles. The van der Waals surface area contributed by atoms with Gasteiger partial charge in [-0.25, -0.2) is 0 Å². The normalized spacial score (nSPS) is 11.5. The first-order valence-corrected chi connectivity index (χ1v) is 6.48. The molecule has 0 fully saturated rings. The lowest BCUT2D eigenvalue weighted by Gasteiger charge is -2.11. The van der Waals surface area contributed by atoms with Crippen molar-refractivity contribution in [3.8, 4) is 11.8 Å². The van der Waals surface area contributed by atoms with Crippen LogP contribution in [0.15, 0.2) is 12.1 Å². The predicted molar refractivity (Wildman–Crippen MR) is 71.7 cm³/mol. The maximum atomic E-state index is 11.8. The van der Waals surface area contributed by atoms with E-state index in [-0.39, 0.29) is 18.6 Å². The summed E-state index contributed by atoms with van der Waals surface area (Å²) in [5.41, 5.74) is 0. The van der Waals surface area contributed by atoms with Gasteiger partial charge in [0.1, 0.15) is 0 Å². The summed E-state index contributed by atoms with van der Waals surface area (Å²) in [6.45, 7) is 2.43. The Labute approximate surface area is 111 Å². The average Bonchev–Trinajstić information content (AvgIpc) is 2.78. The fourth-order valence-electron chi connectivity index (χ4n) is 1.32. The van der Waals surface area contributed by atoms with Gasteiger partial charge in [-0.2, -0.15) is 0 Å². The standard InChI is InChI=1S/C13H17NO3S/c1-10(9-17-2)14-13(16)12-7-6-11(18-12)5-3-4-8-15/h6-7,10,15H,4,8-9H2,1-2H3,(H,14,16). The number of hydrogen-bond acceptors (Lipinski definition) is 4. The summed E-state index contributed by atoms with van der Waals surface area (Å²) in [4.78, 5) is 13.3. The Morgan fingerprint density at radius 2 is 2.39 bits per heavy atom. The van der Waals surface area contributed by atoms with Crippen molar-refractivity contribution in [2.45, 2.75) is 19.4 Å². The molecule has 0 aliphatic rings. The number of ether oxygens (including phenoxy) is 1. The van der Waals surface area contributed by atoms with E-state index in [0.29, 0.717) is 17.9 Å². The number of rotatable bonds is 5. The molecule has 1 aromatic heterocycles. The SMILES string of the molecule is COCC(C)NC(=O)c1ccc(C#CCCO)s1. The molecule has 98 valence electrons. The monoisotopic (exact) mass is 267 g/mol. The Hall–Kier alpha value is -1.35. The van der Waals surface area contributed by atoms with Crippen LogP contribution >= 0.6 is 11.3 Å². The van der Waals surface area contributed by atoms with Crippen molar-refractivity contribution >= 4 is 17.2 Å². The van der Waals surface area contributed by atoms with Crippen LogP contribution in [0.1, 0.15) is 27.9 Å². The van der Waals surface area contributed by atoms with E-state index in [1.807, 2.05) is 13.0 Å². The van der Waals surface area contributed by atoms with Crippen molar-refractivity contribution in [3.63, 3.8) is 0 Å². The molecule has 0 bridgehead atoms. The molecule has 1 rings (SSSR count). The number of nitrogens with one attached hydrogen (secondary N) is 1. The van der Waals surface area contributed by atoms with Crippen molar-refractivity contribution in [2.75, 3.05) is 20.3 Å². The van der Waals surface area contributed by atoms with E-state index in [9.17, 15) is 4.79 Å². The second-order valence-corrected chi connectivity index (χ2v) is 4.85. The van der Waals surface area contributed by atoms with Gasteiger partial charge in [-0.05, 0) is 19.1 Å². The molecule has 0 radical (unpaired) electrons. The smallest absolute Gasteiger partial charge is 0.261 e. The van der Waals surface area contributed by atoms with E-state index in [1.165, 1.54) is 11.3 Å². The van der Waals surface area contributed by atoms with Crippen molar-refractivity contribution in [3.05, 3.63) is 21.9 Å². The van der Waals surface area contributed by atoms with E-state index in [0.717, 1.165) is 4.88 Å². The van der Waals surface area contributed by atoms with Crippen LogP contribution in [0.5, 0.6) is 0 Å². The highest BCUT2D eigenvalue weighted by Crippen LogP contribution is 2.15. The quantitative estimate of drug-likeness (QED) is 0.789. The molecule has 0 saturated heterocycles. The van der Waals surface area contributed by atoms with Crippen LogP contribution in [0.2, 0.25) is 0 Å². The first kappa shape index (κ1) is 14.7. The van der Waals surface area contributed by atoms with Crippen molar-refractivity contribution in [2.24, 2.45) is 0 Å². The molecule has 4 nitrogen and oxygen atoms in total. The minimum Gasteiger partial charge on any atom is -0.395 e. The fourth-order valence-corrected chi connectivity index (χ4v) is 2.10. The first-order chi connectivity index (χ1) is 8.67. The summed E-state index contributed by atoms with van der Waals surface area (Å²) < 4.78 is 4.95. The van der Waals surface area contributed by atoms with Crippen LogP contribution in [0, 0.1) is 11.8 Å². The van der Waals surface area contributed by atoms with E-state index >= 15 is 0 Å². The predicted octanol–water partition coefficient (Wildman–Crippen LogP) is 1.25. The van der Waals surface area contributed by atoms with Gasteiger partial charge in [0.05, 0.1) is 23.0 Å². The Kier molecular flexibility index (Phi) is 6.44. The molecule has 1 atom stereocenters. The van der Waals surface area contributed by atoms with Crippen molar-refractivity contribution in [1.29, 1.82) is 0 Å². The molecule has 18 heavy (non-hydrogen) atoms. The number of carbonyl (C=O) groups excluding carboxylic acids is 1. The van der Waals surface area contributed by atoms with Gasteiger partial charge in [0.15, 0.2) is 0 Å². The molecule has 0 aromatic carbocycles. The van der Waals surface area contributed by atoms with Gasteiger partial charge in [-0.1, -0.05) is 11.8 Å². The molecule has 0 spiro atoms. The van der Waals surface area contributed by atoms with Crippen LogP contribution in [-0.2, 0) is 4.74 Å². The maximum absolute atomic E-state index is 11.8. The molecule has 0 aliphatic carbocycles. The summed E-state index contributed by atoms with van der Waals surface area (Å²) in [5, 5.41) is 11.4. The van der Waals surface area contributed by atoms with Crippen LogP contribution in [0.4, 0.5) is 0 Å². The molecule has 1 unspecified atom stereocenters. The summed E-state index contributed by atoms with van der Waals surface area (Å²) in [6, 6.07) is 3.54. The Balaban J connectivity index is 2.57. The van der Waals surface area contributed by atoms with Crippen molar-refractivity contribution in [1.82, 2.24) is 5.32 Å². The number of thiophene rings is 1. The Morgan fingerprint density at radius 1 is 1.61 bits per heavy atom. The van der Waals surface area contributed by atoms with Crippen LogP contribution in [-0.4, -0.2) is 37.4 Å². The lowest BCUT2D eigenvalue weighted by molar-refractivity contribution is 0.0909. The topological polar surface area (TPSA) is 58.6 Å². The zero-order valence-corrected chi connectivity index (χ0v) is 11.3. The molecular weight excluding hydrogens is 250 g/mol. The number of amides is 1. The van der Waals surface area contributed by atoms with Gasteiger partial charge in [-0.3, -0.25) is 4.79 Å². The molecule has 1 aromatic rings. The van der Waals surface area contributed by atoms with E-state index in [1.54, 1.807) is 13.2 Å². The second kappa shape index (κ2) is 7.88. The fraction of sp³-hybridized carbons (Fsp3) is 0.462. The lowest BCUT2D eigenvalue weighted by atomic mass is 10.3. The molecule has 2 N–H and O–H groups in total. The lowest BCUT2D eigenvalue weighted by Crippen LogP contribution is -2.35. The van der Waals surface area contributed by atoms with Crippen LogP contribution < -0.4 is 5.32 Å². The zero-order valence-electron chi connectivity index (χ0n) is 10.5. The van der Waals surface area contributed by atoms with E-state index in [2.05, 4.69) is 17.2 Å². The van der Waals surface area contributed by atoms with E-state index < -0.39 is 0 Å². The van der Waals surface area contributed by atoms with Gasteiger partial charge >= 0.3 is 0 Å². The highest BCUT2D eigenvalue weighted by atomic mass is 32.1. The summed E-state index contributed by atoms with van der Waals surface area (Å²) >= 11 is 1.34. The van der Waals surface area contributed by atoms with Gasteiger partial charge in [-0.15, -0.1) is 11.3 Å². The van der Waals surface area contributed by atoms with Gasteiger partial charge < -0.3 is 15.2 Å². The highest BCUT2D eigenvalue weighted by Gasteiger charge is 2.11. The molecular formula is C13H17NO3S. The number of carbonyl (C=O) groups is 1. The number of methoxy groups -OCH3 is 1. The third-order valence-corrected chi connectivity index (χ3v) is 3.07. The van der Waals surface area contributed by atoms with Gasteiger partial charge in [0.25, 0.3) is 5.91 Å². The highest BCUT2D eigenvalue weighted by molar-refractivity contribution is 7.14. The largest absolute Gasteiger partial charge is 0.395 e. The van der Waals surface area contributed by atoms with Gasteiger partial charge in [0, 0.05) is 19.6 Å². The van der Waals surface area contributed by atoms with Gasteiger partial charge in [0.2, 0.25) is 0 Å². The number of hydrogen-bond donors (Lipinski definition) is 2. The Morgan fingerprint density at radius 3 is 3.06 bits per heavy atom. The molecule has 0 saturated carbocycles. The van der Waals surface area contributed by atoms with Crippen molar-refractivity contribution < 1.29 is 14.6 Å². The van der Waals surface area contributed by atoms with Crippen LogP contribution in [0.3, 0.4) is 0 Å². The number of aliphatic hydroxyl groups is 1. The molecule has 5 heteroatoms. The third kappa shape index (κ3) is 4.88. The Bertz CT molecular complexity index is 445. The maximum Gasteiger partial charge on any atom is 0.261 e. The third-order valence-electron chi connectivity index (χ3n) is 2.07. The molecule has 0 aliphatic heterocycles. The summed E-state index contributed by atoms with van der Waals surface area (Å²) in [7, 11) is 1.60. The minimum absolute atomic E-state index is 0.0199. The molecule has 1 amide bonds. The summed E-state index contributed by atoms with van der Waals surface area (Å²) in [5.74, 6) is 5.62. The van der Waals surface area contributed by atoms with Crippen LogP contribution in [0.25, 0.3) is 0 Å². The summed E-state index contributed by atoms with van der Waals surface area (Å²) in [6.07, 6.45) is 0.449. The second-order valence-electron chi connectivity index (χ2n) is 3.77. The average molecular weight is 267 g/mol. The van der Waals surface area contributed by atoms with E-state index in [4.69, 9.17) is 9.84 Å².